The molecule has 18 heavy (non-hydrogen) atoms. The number of hydrogen-bond acceptors (Lipinski definition) is 2. The Labute approximate surface area is 113 Å². The Morgan fingerprint density at radius 2 is 2.11 bits per heavy atom. The van der Waals surface area contributed by atoms with Gasteiger partial charge in [0, 0.05) is 23.8 Å². The molecular weight excluding hydrogens is 247 g/mol. The summed E-state index contributed by atoms with van der Waals surface area (Å²) in [6.07, 6.45) is 2.39. The molecule has 2 unspecified atom stereocenters. The van der Waals surface area contributed by atoms with Gasteiger partial charge in [-0.05, 0) is 43.9 Å². The van der Waals surface area contributed by atoms with Gasteiger partial charge in [0.1, 0.15) is 10.8 Å². The molecule has 1 heterocycles. The number of halogens is 1. The second-order valence-corrected chi connectivity index (χ2v) is 5.65. The first-order valence-corrected chi connectivity index (χ1v) is 6.76. The largest absolute Gasteiger partial charge is 0.389 e. The SMILES string of the molecule is CC1CCC(C)N(c2ccc(C(N)=S)c(F)c2)C1. The van der Waals surface area contributed by atoms with Crippen molar-refractivity contribution < 1.29 is 4.39 Å². The van der Waals surface area contributed by atoms with Crippen molar-refractivity contribution in [2.24, 2.45) is 11.7 Å². The van der Waals surface area contributed by atoms with Gasteiger partial charge in [-0.25, -0.2) is 4.39 Å². The van der Waals surface area contributed by atoms with E-state index < -0.39 is 0 Å². The minimum atomic E-state index is -0.328. The van der Waals surface area contributed by atoms with E-state index in [2.05, 4.69) is 18.7 Å². The predicted molar refractivity (Wildman–Crippen MR) is 77.5 cm³/mol. The van der Waals surface area contributed by atoms with Crippen molar-refractivity contribution in [3.63, 3.8) is 0 Å². The van der Waals surface area contributed by atoms with Crippen molar-refractivity contribution in [1.29, 1.82) is 0 Å². The topological polar surface area (TPSA) is 29.3 Å². The van der Waals surface area contributed by atoms with E-state index in [0.29, 0.717) is 17.5 Å². The van der Waals surface area contributed by atoms with E-state index >= 15 is 0 Å². The molecule has 1 aliphatic rings. The van der Waals surface area contributed by atoms with Crippen molar-refractivity contribution in [1.82, 2.24) is 0 Å². The quantitative estimate of drug-likeness (QED) is 0.834. The molecule has 1 fully saturated rings. The molecule has 1 aromatic carbocycles. The zero-order chi connectivity index (χ0) is 13.3. The lowest BCUT2D eigenvalue weighted by Gasteiger charge is -2.38. The van der Waals surface area contributed by atoms with Crippen molar-refractivity contribution in [2.75, 3.05) is 11.4 Å². The van der Waals surface area contributed by atoms with Crippen LogP contribution in [0.25, 0.3) is 0 Å². The van der Waals surface area contributed by atoms with E-state index in [1.807, 2.05) is 6.07 Å². The van der Waals surface area contributed by atoms with Gasteiger partial charge in [0.25, 0.3) is 0 Å². The summed E-state index contributed by atoms with van der Waals surface area (Å²) in [6.45, 7) is 5.40. The average Bonchev–Trinajstić information content (AvgIpc) is 2.31. The van der Waals surface area contributed by atoms with Gasteiger partial charge in [0.2, 0.25) is 0 Å². The van der Waals surface area contributed by atoms with Crippen LogP contribution in [0.1, 0.15) is 32.3 Å². The van der Waals surface area contributed by atoms with E-state index in [0.717, 1.165) is 18.7 Å². The Morgan fingerprint density at radius 1 is 1.39 bits per heavy atom. The van der Waals surface area contributed by atoms with Gasteiger partial charge in [-0.1, -0.05) is 19.1 Å². The molecule has 98 valence electrons. The number of piperidine rings is 1. The van der Waals surface area contributed by atoms with E-state index in [1.165, 1.54) is 6.42 Å². The molecular formula is C14H19FN2S. The number of thiocarbonyl (C=S) groups is 1. The van der Waals surface area contributed by atoms with Gasteiger partial charge in [-0.2, -0.15) is 0 Å². The molecule has 2 N–H and O–H groups in total. The maximum absolute atomic E-state index is 13.9. The molecule has 0 spiro atoms. The summed E-state index contributed by atoms with van der Waals surface area (Å²) >= 11 is 4.82. The third-order valence-corrected chi connectivity index (χ3v) is 3.89. The second kappa shape index (κ2) is 5.22. The number of nitrogens with zero attached hydrogens (tertiary/aromatic N) is 1. The Kier molecular flexibility index (Phi) is 3.85. The number of benzene rings is 1. The fourth-order valence-corrected chi connectivity index (χ4v) is 2.70. The van der Waals surface area contributed by atoms with Gasteiger partial charge in [-0.3, -0.25) is 0 Å². The van der Waals surface area contributed by atoms with Crippen LogP contribution in [0, 0.1) is 11.7 Å². The van der Waals surface area contributed by atoms with Gasteiger partial charge in [-0.15, -0.1) is 0 Å². The first-order valence-electron chi connectivity index (χ1n) is 6.35. The molecule has 4 heteroatoms. The van der Waals surface area contributed by atoms with Gasteiger partial charge < -0.3 is 10.6 Å². The van der Waals surface area contributed by atoms with Crippen LogP contribution >= 0.6 is 12.2 Å². The lowest BCUT2D eigenvalue weighted by Crippen LogP contribution is -2.41. The van der Waals surface area contributed by atoms with Crippen LogP contribution in [-0.4, -0.2) is 17.6 Å². The smallest absolute Gasteiger partial charge is 0.135 e. The fraction of sp³-hybridized carbons (Fsp3) is 0.500. The summed E-state index contributed by atoms with van der Waals surface area (Å²) in [5.41, 5.74) is 6.72. The highest BCUT2D eigenvalue weighted by atomic mass is 32.1. The summed E-state index contributed by atoms with van der Waals surface area (Å²) in [5, 5.41) is 0. The molecule has 0 aromatic heterocycles. The third-order valence-electron chi connectivity index (χ3n) is 3.67. The van der Waals surface area contributed by atoms with Crippen LogP contribution in [-0.2, 0) is 0 Å². The first-order chi connectivity index (χ1) is 8.49. The molecule has 1 aromatic rings. The van der Waals surface area contributed by atoms with E-state index in [1.54, 1.807) is 12.1 Å². The summed E-state index contributed by atoms with van der Waals surface area (Å²) in [5.74, 6) is 0.324. The number of nitrogens with two attached hydrogens (primary N) is 1. The summed E-state index contributed by atoms with van der Waals surface area (Å²) < 4.78 is 13.9. The predicted octanol–water partition coefficient (Wildman–Crippen LogP) is 3.08. The summed E-state index contributed by atoms with van der Waals surface area (Å²) in [7, 11) is 0. The zero-order valence-corrected chi connectivity index (χ0v) is 11.6. The van der Waals surface area contributed by atoms with E-state index in [4.69, 9.17) is 18.0 Å². The Balaban J connectivity index is 2.28. The van der Waals surface area contributed by atoms with Gasteiger partial charge in [0.15, 0.2) is 0 Å². The molecule has 2 atom stereocenters. The molecule has 0 bridgehead atoms. The van der Waals surface area contributed by atoms with Crippen molar-refractivity contribution in [2.45, 2.75) is 32.7 Å². The minimum absolute atomic E-state index is 0.110. The number of anilines is 1. The first kappa shape index (κ1) is 13.3. The fourth-order valence-electron chi connectivity index (χ4n) is 2.53. The Hall–Kier alpha value is -1.16. The molecule has 1 saturated heterocycles. The number of rotatable bonds is 2. The van der Waals surface area contributed by atoms with E-state index in [9.17, 15) is 4.39 Å². The lowest BCUT2D eigenvalue weighted by molar-refractivity contribution is 0.390. The highest BCUT2D eigenvalue weighted by Gasteiger charge is 2.23. The highest BCUT2D eigenvalue weighted by Crippen LogP contribution is 2.28. The van der Waals surface area contributed by atoms with Crippen LogP contribution in [0.4, 0.5) is 10.1 Å². The summed E-state index contributed by atoms with van der Waals surface area (Å²) in [4.78, 5) is 2.37. The van der Waals surface area contributed by atoms with Crippen LogP contribution in [0.3, 0.4) is 0 Å². The van der Waals surface area contributed by atoms with Crippen molar-refractivity contribution >= 4 is 22.9 Å². The Bertz CT molecular complexity index is 461. The lowest BCUT2D eigenvalue weighted by atomic mass is 9.94. The minimum Gasteiger partial charge on any atom is -0.389 e. The molecule has 0 aliphatic carbocycles. The Morgan fingerprint density at radius 3 is 2.72 bits per heavy atom. The highest BCUT2D eigenvalue weighted by molar-refractivity contribution is 7.80. The molecule has 0 radical (unpaired) electrons. The van der Waals surface area contributed by atoms with Gasteiger partial charge in [0.05, 0.1) is 0 Å². The van der Waals surface area contributed by atoms with Crippen LogP contribution < -0.4 is 10.6 Å². The maximum Gasteiger partial charge on any atom is 0.135 e. The standard InChI is InChI=1S/C14H19FN2S/c1-9-3-4-10(2)17(8-9)11-5-6-12(14(16)18)13(15)7-11/h5-7,9-10H,3-4,8H2,1-2H3,(H2,16,18). The second-order valence-electron chi connectivity index (χ2n) is 5.21. The van der Waals surface area contributed by atoms with Crippen LogP contribution in [0.2, 0.25) is 0 Å². The average molecular weight is 266 g/mol. The molecule has 0 amide bonds. The monoisotopic (exact) mass is 266 g/mol. The van der Waals surface area contributed by atoms with E-state index in [-0.39, 0.29) is 10.8 Å². The zero-order valence-electron chi connectivity index (χ0n) is 10.8. The molecule has 2 nitrogen and oxygen atoms in total. The van der Waals surface area contributed by atoms with Gasteiger partial charge >= 0.3 is 0 Å². The molecule has 1 aliphatic heterocycles. The number of hydrogen-bond donors (Lipinski definition) is 1. The summed E-state index contributed by atoms with van der Waals surface area (Å²) in [6, 6.07) is 5.59. The third kappa shape index (κ3) is 2.64. The van der Waals surface area contributed by atoms with Crippen LogP contribution in [0.15, 0.2) is 18.2 Å². The molecule has 2 rings (SSSR count). The van der Waals surface area contributed by atoms with Crippen LogP contribution in [0.5, 0.6) is 0 Å². The maximum atomic E-state index is 13.9. The molecule has 0 saturated carbocycles. The normalized spacial score (nSPS) is 24.1. The van der Waals surface area contributed by atoms with Crippen molar-refractivity contribution in [3.8, 4) is 0 Å². The van der Waals surface area contributed by atoms with Crippen molar-refractivity contribution in [3.05, 3.63) is 29.6 Å².